The predicted molar refractivity (Wildman–Crippen MR) is 55.8 cm³/mol. The summed E-state index contributed by atoms with van der Waals surface area (Å²) in [6.07, 6.45) is 1.98. The quantitative estimate of drug-likeness (QED) is 0.660. The van der Waals surface area contributed by atoms with Crippen LogP contribution in [0.15, 0.2) is 28.1 Å². The Kier molecular flexibility index (Phi) is 1.84. The first-order valence-corrected chi connectivity index (χ1v) is 5.07. The standard InChI is InChI=1S/C9H9N3S/c1-13-6-4-2-3-5-7(6)9(11)12-8(5)10/h2-4H,1H3,(H3,10,11,12). The van der Waals surface area contributed by atoms with Gasteiger partial charge in [0.25, 0.3) is 0 Å². The first-order valence-electron chi connectivity index (χ1n) is 3.84. The molecule has 0 bridgehead atoms. The van der Waals surface area contributed by atoms with Crippen LogP contribution in [-0.2, 0) is 0 Å². The summed E-state index contributed by atoms with van der Waals surface area (Å²) in [5.41, 5.74) is 7.41. The summed E-state index contributed by atoms with van der Waals surface area (Å²) in [5.74, 6) is 0.730. The number of fused-ring (bicyclic) bond motifs is 1. The molecule has 1 aliphatic rings. The van der Waals surface area contributed by atoms with Crippen molar-refractivity contribution in [3.8, 4) is 0 Å². The van der Waals surface area contributed by atoms with Gasteiger partial charge in [-0.15, -0.1) is 11.8 Å². The fraction of sp³-hybridized carbons (Fsp3) is 0.111. The number of thioether (sulfide) groups is 1. The monoisotopic (exact) mass is 191 g/mol. The molecule has 1 aromatic carbocycles. The third-order valence-corrected chi connectivity index (χ3v) is 2.77. The zero-order valence-corrected chi connectivity index (χ0v) is 7.98. The lowest BCUT2D eigenvalue weighted by molar-refractivity contribution is 1.37. The van der Waals surface area contributed by atoms with Crippen LogP contribution in [0.3, 0.4) is 0 Å². The topological polar surface area (TPSA) is 62.2 Å². The molecule has 13 heavy (non-hydrogen) atoms. The Morgan fingerprint density at radius 1 is 1.46 bits per heavy atom. The smallest absolute Gasteiger partial charge is 0.156 e. The van der Waals surface area contributed by atoms with Crippen LogP contribution in [0.2, 0.25) is 0 Å². The van der Waals surface area contributed by atoms with Crippen LogP contribution < -0.4 is 5.73 Å². The second-order valence-electron chi connectivity index (χ2n) is 2.73. The molecule has 0 unspecified atom stereocenters. The van der Waals surface area contributed by atoms with E-state index in [0.29, 0.717) is 5.84 Å². The average molecular weight is 191 g/mol. The third-order valence-electron chi connectivity index (χ3n) is 1.99. The zero-order valence-electron chi connectivity index (χ0n) is 7.16. The molecule has 66 valence electrons. The number of nitrogens with two attached hydrogens (primary N) is 1. The number of nitrogens with one attached hydrogen (secondary N) is 1. The molecule has 4 heteroatoms. The molecule has 0 saturated carbocycles. The lowest BCUT2D eigenvalue weighted by Gasteiger charge is -2.03. The molecule has 2 rings (SSSR count). The van der Waals surface area contributed by atoms with E-state index in [1.54, 1.807) is 11.8 Å². The Labute approximate surface area is 80.6 Å². The lowest BCUT2D eigenvalue weighted by Crippen LogP contribution is -2.10. The molecule has 3 N–H and O–H groups in total. The summed E-state index contributed by atoms with van der Waals surface area (Å²) in [6.45, 7) is 0. The molecule has 3 nitrogen and oxygen atoms in total. The molecular formula is C9H9N3S. The van der Waals surface area contributed by atoms with Gasteiger partial charge in [-0.1, -0.05) is 12.1 Å². The van der Waals surface area contributed by atoms with Crippen LogP contribution in [0.25, 0.3) is 0 Å². The van der Waals surface area contributed by atoms with Gasteiger partial charge in [-0.2, -0.15) is 0 Å². The highest BCUT2D eigenvalue weighted by Gasteiger charge is 2.20. The lowest BCUT2D eigenvalue weighted by atomic mass is 10.1. The molecule has 0 aromatic heterocycles. The van der Waals surface area contributed by atoms with Gasteiger partial charge in [0.05, 0.1) is 0 Å². The average Bonchev–Trinajstić information content (AvgIpc) is 2.43. The van der Waals surface area contributed by atoms with E-state index in [9.17, 15) is 0 Å². The van der Waals surface area contributed by atoms with E-state index in [1.165, 1.54) is 0 Å². The van der Waals surface area contributed by atoms with E-state index in [1.807, 2.05) is 24.5 Å². The molecule has 1 aliphatic heterocycles. The maximum Gasteiger partial charge on any atom is 0.156 e. The molecule has 0 aliphatic carbocycles. The number of rotatable bonds is 1. The van der Waals surface area contributed by atoms with Crippen molar-refractivity contribution in [2.75, 3.05) is 6.26 Å². The number of hydrogen-bond acceptors (Lipinski definition) is 3. The predicted octanol–water partition coefficient (Wildman–Crippen LogP) is 1.45. The maximum atomic E-state index is 7.62. The van der Waals surface area contributed by atoms with Crippen LogP contribution in [0.5, 0.6) is 0 Å². The number of amidine groups is 2. The molecular weight excluding hydrogens is 182 g/mol. The fourth-order valence-electron chi connectivity index (χ4n) is 1.40. The highest BCUT2D eigenvalue weighted by Crippen LogP contribution is 2.27. The zero-order chi connectivity index (χ0) is 9.42. The van der Waals surface area contributed by atoms with Gasteiger partial charge in [0.2, 0.25) is 0 Å². The minimum Gasteiger partial charge on any atom is -0.383 e. The van der Waals surface area contributed by atoms with Crippen molar-refractivity contribution in [3.05, 3.63) is 29.3 Å². The molecule has 0 fully saturated rings. The molecule has 0 saturated heterocycles. The minimum atomic E-state index is 0.275. The van der Waals surface area contributed by atoms with Gasteiger partial charge < -0.3 is 5.73 Å². The number of aliphatic imine (C=N–C) groups is 1. The molecule has 1 aromatic rings. The van der Waals surface area contributed by atoms with Gasteiger partial charge in [-0.3, -0.25) is 5.41 Å². The van der Waals surface area contributed by atoms with Crippen molar-refractivity contribution in [1.29, 1.82) is 5.41 Å². The second kappa shape index (κ2) is 2.88. The fourth-order valence-corrected chi connectivity index (χ4v) is 2.02. The Morgan fingerprint density at radius 2 is 2.23 bits per heavy atom. The van der Waals surface area contributed by atoms with Crippen molar-refractivity contribution < 1.29 is 0 Å². The minimum absolute atomic E-state index is 0.275. The summed E-state index contributed by atoms with van der Waals surface area (Å²) in [7, 11) is 0. The summed E-state index contributed by atoms with van der Waals surface area (Å²) >= 11 is 1.61. The summed E-state index contributed by atoms with van der Waals surface area (Å²) in [6, 6.07) is 5.81. The first-order chi connectivity index (χ1) is 6.24. The van der Waals surface area contributed by atoms with Gasteiger partial charge in [-0.05, 0) is 12.3 Å². The summed E-state index contributed by atoms with van der Waals surface area (Å²) in [5, 5.41) is 7.62. The van der Waals surface area contributed by atoms with Crippen LogP contribution in [0.4, 0.5) is 0 Å². The highest BCUT2D eigenvalue weighted by atomic mass is 32.2. The summed E-state index contributed by atoms with van der Waals surface area (Å²) in [4.78, 5) is 4.99. The number of hydrogen-bond donors (Lipinski definition) is 2. The van der Waals surface area contributed by atoms with E-state index in [2.05, 4.69) is 4.99 Å². The van der Waals surface area contributed by atoms with Gasteiger partial charge in [0, 0.05) is 16.0 Å². The van der Waals surface area contributed by atoms with Crippen molar-refractivity contribution >= 4 is 23.4 Å². The van der Waals surface area contributed by atoms with Crippen LogP contribution in [-0.4, -0.2) is 17.9 Å². The van der Waals surface area contributed by atoms with E-state index in [4.69, 9.17) is 11.1 Å². The molecule has 0 radical (unpaired) electrons. The Hall–Kier alpha value is -1.29. The molecule has 0 atom stereocenters. The van der Waals surface area contributed by atoms with Crippen molar-refractivity contribution in [2.24, 2.45) is 10.7 Å². The number of nitrogens with zero attached hydrogens (tertiary/aromatic N) is 1. The van der Waals surface area contributed by atoms with Gasteiger partial charge in [0.15, 0.2) is 5.84 Å². The van der Waals surface area contributed by atoms with Crippen molar-refractivity contribution in [1.82, 2.24) is 0 Å². The van der Waals surface area contributed by atoms with E-state index < -0.39 is 0 Å². The van der Waals surface area contributed by atoms with Crippen LogP contribution in [0, 0.1) is 5.41 Å². The van der Waals surface area contributed by atoms with E-state index in [-0.39, 0.29) is 5.84 Å². The van der Waals surface area contributed by atoms with E-state index >= 15 is 0 Å². The first kappa shape index (κ1) is 8.31. The van der Waals surface area contributed by atoms with Crippen LogP contribution in [0.1, 0.15) is 11.1 Å². The normalized spacial score (nSPS) is 14.2. The van der Waals surface area contributed by atoms with Gasteiger partial charge >= 0.3 is 0 Å². The molecule has 0 amide bonds. The van der Waals surface area contributed by atoms with Crippen molar-refractivity contribution in [3.63, 3.8) is 0 Å². The largest absolute Gasteiger partial charge is 0.383 e. The third kappa shape index (κ3) is 1.14. The molecule has 0 spiro atoms. The molecule has 1 heterocycles. The second-order valence-corrected chi connectivity index (χ2v) is 3.58. The Bertz CT molecular complexity index is 409. The van der Waals surface area contributed by atoms with Gasteiger partial charge in [-0.25, -0.2) is 4.99 Å². The summed E-state index contributed by atoms with van der Waals surface area (Å²) < 4.78 is 0. The highest BCUT2D eigenvalue weighted by molar-refractivity contribution is 7.98. The Balaban J connectivity index is 2.68. The Morgan fingerprint density at radius 3 is 2.92 bits per heavy atom. The van der Waals surface area contributed by atoms with Crippen molar-refractivity contribution in [2.45, 2.75) is 4.90 Å². The van der Waals surface area contributed by atoms with E-state index in [0.717, 1.165) is 16.0 Å². The van der Waals surface area contributed by atoms with Gasteiger partial charge in [0.1, 0.15) is 5.84 Å². The SMILES string of the molecule is CSc1cccc2c1C(=N)N=C2N. The maximum absolute atomic E-state index is 7.62. The van der Waals surface area contributed by atoms with Crippen LogP contribution >= 0.6 is 11.8 Å². The number of benzene rings is 1.